The lowest BCUT2D eigenvalue weighted by atomic mass is 10.0. The van der Waals surface area contributed by atoms with Crippen LogP contribution in [0.3, 0.4) is 0 Å². The third-order valence-corrected chi connectivity index (χ3v) is 3.06. The molecule has 0 spiro atoms. The fraction of sp³-hybridized carbons (Fsp3) is 0.250. The Kier molecular flexibility index (Phi) is 5.62. The summed E-state index contributed by atoms with van der Waals surface area (Å²) >= 11 is 0. The molecule has 2 rings (SSSR count). The molecule has 0 N–H and O–H groups in total. The van der Waals surface area contributed by atoms with Crippen LogP contribution in [0.4, 0.5) is 0 Å². The van der Waals surface area contributed by atoms with Gasteiger partial charge in [-0.25, -0.2) is 0 Å². The van der Waals surface area contributed by atoms with Crippen LogP contribution in [-0.2, 0) is 14.5 Å². The van der Waals surface area contributed by atoms with E-state index >= 15 is 0 Å². The van der Waals surface area contributed by atoms with Crippen molar-refractivity contribution in [3.63, 3.8) is 0 Å². The summed E-state index contributed by atoms with van der Waals surface area (Å²) in [5, 5.41) is 11.7. The number of nitrogens with zero attached hydrogens (tertiary/aromatic N) is 3. The second-order valence-corrected chi connectivity index (χ2v) is 4.69. The molecule has 120 valence electrons. The monoisotopic (exact) mass is 315 g/mol. The average molecular weight is 315 g/mol. The number of oxime groups is 2. The third-order valence-electron chi connectivity index (χ3n) is 3.06. The highest BCUT2D eigenvalue weighted by molar-refractivity contribution is 6.15. The number of hydrogen-bond donors (Lipinski definition) is 0. The quantitative estimate of drug-likeness (QED) is 0.578. The summed E-state index contributed by atoms with van der Waals surface area (Å²) in [7, 11) is 1.45. The van der Waals surface area contributed by atoms with Crippen molar-refractivity contribution in [1.82, 2.24) is 5.16 Å². The maximum Gasteiger partial charge on any atom is 0.182 e. The SMILES string of the molecule is CON=C(c1ccon1)c1ccccc1C=NOC(C)C(C)=O. The molecule has 0 saturated heterocycles. The van der Waals surface area contributed by atoms with E-state index in [-0.39, 0.29) is 5.78 Å². The number of rotatable bonds is 7. The largest absolute Gasteiger partial charge is 0.399 e. The molecular weight excluding hydrogens is 298 g/mol. The smallest absolute Gasteiger partial charge is 0.182 e. The van der Waals surface area contributed by atoms with Crippen LogP contribution in [-0.4, -0.2) is 36.1 Å². The van der Waals surface area contributed by atoms with Crippen LogP contribution in [0.25, 0.3) is 0 Å². The van der Waals surface area contributed by atoms with Crippen molar-refractivity contribution in [2.45, 2.75) is 20.0 Å². The van der Waals surface area contributed by atoms with E-state index in [2.05, 4.69) is 15.5 Å². The fourth-order valence-corrected chi connectivity index (χ4v) is 1.74. The molecule has 1 aromatic carbocycles. The summed E-state index contributed by atoms with van der Waals surface area (Å²) in [6.07, 6.45) is 2.37. The van der Waals surface area contributed by atoms with Crippen LogP contribution in [0.5, 0.6) is 0 Å². The first kappa shape index (κ1) is 16.4. The van der Waals surface area contributed by atoms with E-state index in [0.717, 1.165) is 11.1 Å². The minimum atomic E-state index is -0.596. The normalized spacial score (nSPS) is 13.1. The van der Waals surface area contributed by atoms with Crippen LogP contribution >= 0.6 is 0 Å². The topological polar surface area (TPSA) is 86.3 Å². The predicted molar refractivity (Wildman–Crippen MR) is 84.4 cm³/mol. The van der Waals surface area contributed by atoms with Crippen molar-refractivity contribution >= 4 is 17.7 Å². The molecule has 7 nitrogen and oxygen atoms in total. The molecule has 0 aliphatic rings. The average Bonchev–Trinajstić information content (AvgIpc) is 3.07. The molecule has 0 fully saturated rings. The second-order valence-electron chi connectivity index (χ2n) is 4.69. The summed E-state index contributed by atoms with van der Waals surface area (Å²) < 4.78 is 4.86. The summed E-state index contributed by atoms with van der Waals surface area (Å²) in [6, 6.07) is 9.08. The van der Waals surface area contributed by atoms with E-state index in [1.54, 1.807) is 13.0 Å². The molecule has 0 radical (unpaired) electrons. The first-order valence-electron chi connectivity index (χ1n) is 6.94. The van der Waals surface area contributed by atoms with Crippen LogP contribution in [0.2, 0.25) is 0 Å². The van der Waals surface area contributed by atoms with Gasteiger partial charge in [0.2, 0.25) is 0 Å². The highest BCUT2D eigenvalue weighted by atomic mass is 16.6. The van der Waals surface area contributed by atoms with E-state index < -0.39 is 6.10 Å². The van der Waals surface area contributed by atoms with E-state index in [0.29, 0.717) is 11.4 Å². The Morgan fingerprint density at radius 3 is 2.78 bits per heavy atom. The van der Waals surface area contributed by atoms with Crippen LogP contribution in [0.15, 0.2) is 51.4 Å². The van der Waals surface area contributed by atoms with Gasteiger partial charge in [-0.2, -0.15) is 0 Å². The van der Waals surface area contributed by atoms with Gasteiger partial charge in [0.25, 0.3) is 0 Å². The summed E-state index contributed by atoms with van der Waals surface area (Å²) in [5.74, 6) is -0.0975. The fourth-order valence-electron chi connectivity index (χ4n) is 1.74. The van der Waals surface area contributed by atoms with Gasteiger partial charge in [0, 0.05) is 17.2 Å². The molecule has 2 aromatic rings. The number of carbonyl (C=O) groups excluding carboxylic acids is 1. The Balaban J connectivity index is 2.31. The van der Waals surface area contributed by atoms with Gasteiger partial charge in [0.05, 0.1) is 6.21 Å². The lowest BCUT2D eigenvalue weighted by Crippen LogP contribution is -2.14. The zero-order chi connectivity index (χ0) is 16.7. The zero-order valence-corrected chi connectivity index (χ0v) is 13.1. The molecule has 23 heavy (non-hydrogen) atoms. The first-order chi connectivity index (χ1) is 11.1. The second kappa shape index (κ2) is 7.88. The molecule has 0 amide bonds. The molecular formula is C16H17N3O4. The minimum Gasteiger partial charge on any atom is -0.399 e. The zero-order valence-electron chi connectivity index (χ0n) is 13.1. The maximum atomic E-state index is 11.1. The molecule has 1 atom stereocenters. The van der Waals surface area contributed by atoms with Crippen molar-refractivity contribution in [3.8, 4) is 0 Å². The number of benzene rings is 1. The van der Waals surface area contributed by atoms with Gasteiger partial charge in [-0.15, -0.1) is 0 Å². The lowest BCUT2D eigenvalue weighted by molar-refractivity contribution is -0.127. The Bertz CT molecular complexity index is 708. The maximum absolute atomic E-state index is 11.1. The van der Waals surface area contributed by atoms with Gasteiger partial charge in [-0.3, -0.25) is 4.79 Å². The van der Waals surface area contributed by atoms with Crippen molar-refractivity contribution in [1.29, 1.82) is 0 Å². The Labute approximate surface area is 133 Å². The van der Waals surface area contributed by atoms with Gasteiger partial charge in [-0.05, 0) is 13.8 Å². The highest BCUT2D eigenvalue weighted by Gasteiger charge is 2.14. The van der Waals surface area contributed by atoms with Crippen molar-refractivity contribution in [2.75, 3.05) is 7.11 Å². The van der Waals surface area contributed by atoms with E-state index in [9.17, 15) is 4.79 Å². The molecule has 0 saturated carbocycles. The number of ketones is 1. The van der Waals surface area contributed by atoms with Crippen molar-refractivity contribution < 1.29 is 19.0 Å². The Hall–Kier alpha value is -2.96. The molecule has 0 bridgehead atoms. The standard InChI is InChI=1S/C16H17N3O4/c1-11(20)12(2)23-17-10-13-6-4-5-7-14(13)16(19-21-3)15-8-9-22-18-15/h4-10,12H,1-3H3. The lowest BCUT2D eigenvalue weighted by Gasteiger charge is -2.07. The molecule has 0 aliphatic carbocycles. The Morgan fingerprint density at radius 1 is 1.35 bits per heavy atom. The number of aromatic nitrogens is 1. The van der Waals surface area contributed by atoms with Gasteiger partial charge in [-0.1, -0.05) is 39.7 Å². The van der Waals surface area contributed by atoms with Crippen LogP contribution in [0, 0.1) is 0 Å². The van der Waals surface area contributed by atoms with Crippen LogP contribution in [0.1, 0.15) is 30.7 Å². The first-order valence-corrected chi connectivity index (χ1v) is 6.94. The van der Waals surface area contributed by atoms with Gasteiger partial charge >= 0.3 is 0 Å². The predicted octanol–water partition coefficient (Wildman–Crippen LogP) is 2.40. The van der Waals surface area contributed by atoms with Crippen molar-refractivity contribution in [2.24, 2.45) is 10.3 Å². The highest BCUT2D eigenvalue weighted by Crippen LogP contribution is 2.14. The molecule has 7 heteroatoms. The van der Waals surface area contributed by atoms with Crippen LogP contribution < -0.4 is 0 Å². The summed E-state index contributed by atoms with van der Waals surface area (Å²) in [4.78, 5) is 21.2. The summed E-state index contributed by atoms with van der Waals surface area (Å²) in [5.41, 5.74) is 2.52. The minimum absolute atomic E-state index is 0.0975. The Morgan fingerprint density at radius 2 is 2.13 bits per heavy atom. The van der Waals surface area contributed by atoms with Gasteiger partial charge in [0.15, 0.2) is 11.9 Å². The van der Waals surface area contributed by atoms with E-state index in [1.807, 2.05) is 24.3 Å². The number of hydrogen-bond acceptors (Lipinski definition) is 7. The molecule has 1 heterocycles. The summed E-state index contributed by atoms with van der Waals surface area (Å²) in [6.45, 7) is 3.08. The molecule has 1 aromatic heterocycles. The van der Waals surface area contributed by atoms with Crippen molar-refractivity contribution in [3.05, 3.63) is 53.4 Å². The van der Waals surface area contributed by atoms with E-state index in [1.165, 1.54) is 26.5 Å². The third kappa shape index (κ3) is 4.26. The van der Waals surface area contributed by atoms with E-state index in [4.69, 9.17) is 14.2 Å². The van der Waals surface area contributed by atoms with Gasteiger partial charge < -0.3 is 14.2 Å². The molecule has 0 aliphatic heterocycles. The number of Topliss-reactive ketones (excluding diaryl/α,β-unsaturated/α-hetero) is 1. The van der Waals surface area contributed by atoms with Gasteiger partial charge in [0.1, 0.15) is 24.8 Å². The molecule has 1 unspecified atom stereocenters. The number of carbonyl (C=O) groups is 1.